The number of piperazine rings is 1. The van der Waals surface area contributed by atoms with Crippen molar-refractivity contribution in [1.29, 1.82) is 0 Å². The summed E-state index contributed by atoms with van der Waals surface area (Å²) in [6.45, 7) is 5.49. The maximum absolute atomic E-state index is 13.2. The van der Waals surface area contributed by atoms with E-state index in [0.717, 1.165) is 28.4 Å². The molecule has 0 unspecified atom stereocenters. The van der Waals surface area contributed by atoms with Crippen LogP contribution in [0.15, 0.2) is 47.4 Å². The molecule has 4 rings (SSSR count). The lowest BCUT2D eigenvalue weighted by molar-refractivity contribution is 0.383. The van der Waals surface area contributed by atoms with Crippen LogP contribution >= 0.6 is 23.2 Å². The Hall–Kier alpha value is -2.39. The summed E-state index contributed by atoms with van der Waals surface area (Å²) >= 11 is 12.2. The van der Waals surface area contributed by atoms with Crippen molar-refractivity contribution in [3.05, 3.63) is 75.2 Å². The molecule has 2 aromatic carbocycles. The molecule has 7 nitrogen and oxygen atoms in total. The number of methoxy groups -OCH3 is 1. The van der Waals surface area contributed by atoms with Gasteiger partial charge in [-0.3, -0.25) is 0 Å². The van der Waals surface area contributed by atoms with Crippen molar-refractivity contribution in [2.45, 2.75) is 25.2 Å². The molecule has 1 aliphatic heterocycles. The van der Waals surface area contributed by atoms with Gasteiger partial charge in [0.05, 0.1) is 12.1 Å². The van der Waals surface area contributed by atoms with Gasteiger partial charge in [0.15, 0.2) is 0 Å². The summed E-state index contributed by atoms with van der Waals surface area (Å²) in [5.41, 5.74) is 3.07. The molecule has 0 bridgehead atoms. The molecule has 180 valence electrons. The van der Waals surface area contributed by atoms with E-state index in [2.05, 4.69) is 9.88 Å². The third-order valence-electron chi connectivity index (χ3n) is 5.89. The highest BCUT2D eigenvalue weighted by Crippen LogP contribution is 2.30. The molecule has 0 spiro atoms. The third-order valence-corrected chi connectivity index (χ3v) is 8.51. The van der Waals surface area contributed by atoms with Gasteiger partial charge in [-0.25, -0.2) is 18.4 Å². The number of aromatic nitrogens is 2. The normalized spacial score (nSPS) is 14.9. The van der Waals surface area contributed by atoms with Crippen LogP contribution in [0, 0.1) is 13.8 Å². The fourth-order valence-corrected chi connectivity index (χ4v) is 6.25. The molecule has 0 radical (unpaired) electrons. The van der Waals surface area contributed by atoms with Crippen LogP contribution in [-0.2, 0) is 16.4 Å². The Morgan fingerprint density at radius 2 is 1.65 bits per heavy atom. The second-order valence-corrected chi connectivity index (χ2v) is 10.9. The number of rotatable bonds is 6. The average Bonchev–Trinajstić information content (AvgIpc) is 2.82. The van der Waals surface area contributed by atoms with Gasteiger partial charge in [0, 0.05) is 48.9 Å². The predicted molar refractivity (Wildman–Crippen MR) is 135 cm³/mol. The summed E-state index contributed by atoms with van der Waals surface area (Å²) in [7, 11) is -2.11. The van der Waals surface area contributed by atoms with Crippen molar-refractivity contribution >= 4 is 39.0 Å². The summed E-state index contributed by atoms with van der Waals surface area (Å²) in [6, 6.07) is 12.4. The van der Waals surface area contributed by atoms with Gasteiger partial charge in [0.1, 0.15) is 22.3 Å². The van der Waals surface area contributed by atoms with Crippen molar-refractivity contribution in [2.75, 3.05) is 38.2 Å². The van der Waals surface area contributed by atoms with E-state index in [0.29, 0.717) is 43.4 Å². The fraction of sp³-hybridized carbons (Fsp3) is 0.333. The number of ether oxygens (including phenoxy) is 1. The minimum atomic E-state index is -3.76. The molecule has 34 heavy (non-hydrogen) atoms. The minimum Gasteiger partial charge on any atom is -0.497 e. The standard InChI is InChI=1S/C24H26Cl2N4O3S/c1-16-21(14-18-4-7-20(33-3)8-5-18)24(28-17(2)27-16)29-10-12-30(13-11-29)34(31,32)23-15-19(25)6-9-22(23)26/h4-9,15H,10-14H2,1-3H3. The number of benzene rings is 2. The highest BCUT2D eigenvalue weighted by atomic mass is 35.5. The van der Waals surface area contributed by atoms with E-state index in [-0.39, 0.29) is 9.92 Å². The monoisotopic (exact) mass is 520 g/mol. The van der Waals surface area contributed by atoms with E-state index in [4.69, 9.17) is 32.9 Å². The second-order valence-electron chi connectivity index (χ2n) is 8.15. The smallest absolute Gasteiger partial charge is 0.244 e. The zero-order valence-corrected chi connectivity index (χ0v) is 21.6. The van der Waals surface area contributed by atoms with Crippen LogP contribution in [0.25, 0.3) is 0 Å². The van der Waals surface area contributed by atoms with Crippen molar-refractivity contribution in [3.8, 4) is 5.75 Å². The maximum Gasteiger partial charge on any atom is 0.244 e. The number of aryl methyl sites for hydroxylation is 2. The molecule has 0 atom stereocenters. The SMILES string of the molecule is COc1ccc(Cc2c(C)nc(C)nc2N2CCN(S(=O)(=O)c3cc(Cl)ccc3Cl)CC2)cc1. The molecular weight excluding hydrogens is 495 g/mol. The quantitative estimate of drug-likeness (QED) is 0.475. The zero-order valence-electron chi connectivity index (χ0n) is 19.3. The molecular formula is C24H26Cl2N4O3S. The first-order valence-corrected chi connectivity index (χ1v) is 13.1. The van der Waals surface area contributed by atoms with Crippen LogP contribution in [0.2, 0.25) is 10.0 Å². The Balaban J connectivity index is 1.56. The van der Waals surface area contributed by atoms with Crippen molar-refractivity contribution in [3.63, 3.8) is 0 Å². The molecule has 1 aliphatic rings. The molecule has 0 N–H and O–H groups in total. The van der Waals surface area contributed by atoms with E-state index in [1.54, 1.807) is 13.2 Å². The number of nitrogens with zero attached hydrogens (tertiary/aromatic N) is 4. The van der Waals surface area contributed by atoms with Gasteiger partial charge in [-0.2, -0.15) is 4.31 Å². The molecule has 10 heteroatoms. The van der Waals surface area contributed by atoms with Gasteiger partial charge >= 0.3 is 0 Å². The Bertz CT molecular complexity index is 1290. The van der Waals surface area contributed by atoms with E-state index >= 15 is 0 Å². The number of hydrogen-bond donors (Lipinski definition) is 0. The lowest BCUT2D eigenvalue weighted by Crippen LogP contribution is -2.49. The van der Waals surface area contributed by atoms with Crippen LogP contribution in [0.4, 0.5) is 5.82 Å². The van der Waals surface area contributed by atoms with Gasteiger partial charge in [0.2, 0.25) is 10.0 Å². The Morgan fingerprint density at radius 1 is 0.971 bits per heavy atom. The summed E-state index contributed by atoms with van der Waals surface area (Å²) in [6.07, 6.45) is 0.669. The third kappa shape index (κ3) is 5.15. The molecule has 2 heterocycles. The summed E-state index contributed by atoms with van der Waals surface area (Å²) in [5, 5.41) is 0.493. The van der Waals surface area contributed by atoms with Crippen molar-refractivity contribution in [1.82, 2.24) is 14.3 Å². The van der Waals surface area contributed by atoms with Gasteiger partial charge in [-0.1, -0.05) is 35.3 Å². The van der Waals surface area contributed by atoms with E-state index in [9.17, 15) is 8.42 Å². The van der Waals surface area contributed by atoms with Crippen LogP contribution < -0.4 is 9.64 Å². The molecule has 3 aromatic rings. The van der Waals surface area contributed by atoms with Crippen molar-refractivity contribution < 1.29 is 13.2 Å². The Kier molecular flexibility index (Phi) is 7.33. The number of sulfonamides is 1. The van der Waals surface area contributed by atoms with Crippen molar-refractivity contribution in [2.24, 2.45) is 0 Å². The van der Waals surface area contributed by atoms with E-state index < -0.39 is 10.0 Å². The molecule has 0 amide bonds. The largest absolute Gasteiger partial charge is 0.497 e. The molecule has 1 saturated heterocycles. The average molecular weight is 521 g/mol. The number of halogens is 2. The Labute approximate surface area is 210 Å². The zero-order chi connectivity index (χ0) is 24.5. The maximum atomic E-state index is 13.2. The first kappa shape index (κ1) is 24.7. The predicted octanol–water partition coefficient (Wildman–Crippen LogP) is 4.51. The lowest BCUT2D eigenvalue weighted by Gasteiger charge is -2.36. The second kappa shape index (κ2) is 10.1. The first-order chi connectivity index (χ1) is 16.2. The summed E-state index contributed by atoms with van der Waals surface area (Å²) < 4.78 is 33.1. The highest BCUT2D eigenvalue weighted by molar-refractivity contribution is 7.89. The topological polar surface area (TPSA) is 75.6 Å². The number of anilines is 1. The van der Waals surface area contributed by atoms with E-state index in [1.807, 2.05) is 38.1 Å². The first-order valence-electron chi connectivity index (χ1n) is 10.9. The van der Waals surface area contributed by atoms with Crippen LogP contribution in [0.5, 0.6) is 5.75 Å². The van der Waals surface area contributed by atoms with Crippen LogP contribution in [-0.4, -0.2) is 56.0 Å². The fourth-order valence-electron chi connectivity index (χ4n) is 4.09. The van der Waals surface area contributed by atoms with Gasteiger partial charge in [-0.15, -0.1) is 0 Å². The molecule has 0 saturated carbocycles. The van der Waals surface area contributed by atoms with Crippen LogP contribution in [0.1, 0.15) is 22.6 Å². The van der Waals surface area contributed by atoms with E-state index in [1.165, 1.54) is 16.4 Å². The number of hydrogen-bond acceptors (Lipinski definition) is 6. The van der Waals surface area contributed by atoms with Crippen LogP contribution in [0.3, 0.4) is 0 Å². The van der Waals surface area contributed by atoms with Gasteiger partial charge in [0.25, 0.3) is 0 Å². The van der Waals surface area contributed by atoms with Gasteiger partial charge < -0.3 is 9.64 Å². The summed E-state index contributed by atoms with van der Waals surface area (Å²) in [4.78, 5) is 11.5. The minimum absolute atomic E-state index is 0.0315. The summed E-state index contributed by atoms with van der Waals surface area (Å²) in [5.74, 6) is 2.34. The highest BCUT2D eigenvalue weighted by Gasteiger charge is 2.31. The Morgan fingerprint density at radius 3 is 2.29 bits per heavy atom. The molecule has 1 fully saturated rings. The molecule has 0 aliphatic carbocycles. The molecule has 1 aromatic heterocycles. The van der Waals surface area contributed by atoms with Gasteiger partial charge in [-0.05, 0) is 49.7 Å². The lowest BCUT2D eigenvalue weighted by atomic mass is 10.0.